The first-order valence-corrected chi connectivity index (χ1v) is 11.1. The molecule has 3 atom stereocenters. The van der Waals surface area contributed by atoms with E-state index in [0.29, 0.717) is 0 Å². The van der Waals surface area contributed by atoms with Gasteiger partial charge in [-0.15, -0.1) is 11.3 Å². The van der Waals surface area contributed by atoms with Crippen LogP contribution in [0.15, 0.2) is 0 Å². The predicted octanol–water partition coefficient (Wildman–Crippen LogP) is 5.96. The van der Waals surface area contributed by atoms with E-state index in [9.17, 15) is 0 Å². The monoisotopic (exact) mass is 346 g/mol. The van der Waals surface area contributed by atoms with Crippen molar-refractivity contribution in [1.29, 1.82) is 0 Å². The van der Waals surface area contributed by atoms with Crippen LogP contribution in [0.3, 0.4) is 0 Å². The molecule has 0 bridgehead atoms. The van der Waals surface area contributed by atoms with E-state index >= 15 is 0 Å². The van der Waals surface area contributed by atoms with Gasteiger partial charge in [-0.05, 0) is 101 Å². The Hall–Kier alpha value is -0.340. The van der Waals surface area contributed by atoms with Crippen molar-refractivity contribution in [1.82, 2.24) is 0 Å². The zero-order valence-electron chi connectivity index (χ0n) is 15.8. The van der Waals surface area contributed by atoms with Crippen LogP contribution >= 0.6 is 11.3 Å². The Morgan fingerprint density at radius 2 is 1.46 bits per heavy atom. The highest BCUT2D eigenvalue weighted by atomic mass is 32.1. The van der Waals surface area contributed by atoms with E-state index in [1.807, 2.05) is 0 Å². The summed E-state index contributed by atoms with van der Waals surface area (Å²) in [5.41, 5.74) is 3.63. The molecule has 0 aromatic carbocycles. The van der Waals surface area contributed by atoms with Gasteiger partial charge >= 0.3 is 0 Å². The van der Waals surface area contributed by atoms with Crippen LogP contribution in [-0.4, -0.2) is 12.2 Å². The number of aryl methyl sites for hydroxylation is 2. The third-order valence-corrected chi connectivity index (χ3v) is 7.91. The molecule has 0 N–H and O–H groups in total. The van der Waals surface area contributed by atoms with Gasteiger partial charge in [0.2, 0.25) is 0 Å². The molecule has 4 rings (SSSR count). The zero-order valence-corrected chi connectivity index (χ0v) is 16.6. The molecule has 2 heteroatoms. The normalized spacial score (nSPS) is 30.2. The Kier molecular flexibility index (Phi) is 4.81. The van der Waals surface area contributed by atoms with Crippen molar-refractivity contribution in [2.24, 2.45) is 17.8 Å². The van der Waals surface area contributed by atoms with Gasteiger partial charge in [-0.25, -0.2) is 0 Å². The van der Waals surface area contributed by atoms with Crippen LogP contribution in [0.25, 0.3) is 0 Å². The predicted molar refractivity (Wildman–Crippen MR) is 103 cm³/mol. The molecule has 1 heterocycles. The highest BCUT2D eigenvalue weighted by molar-refractivity contribution is 7.12. The number of fused-ring (bicyclic) bond motifs is 4. The van der Waals surface area contributed by atoms with Crippen molar-refractivity contribution < 1.29 is 4.74 Å². The van der Waals surface area contributed by atoms with Crippen LogP contribution < -0.4 is 0 Å². The van der Waals surface area contributed by atoms with Crippen molar-refractivity contribution in [3.05, 3.63) is 20.9 Å². The molecular weight excluding hydrogens is 312 g/mol. The third kappa shape index (κ3) is 3.60. The highest BCUT2D eigenvalue weighted by Gasteiger charge is 2.50. The molecule has 0 saturated heterocycles. The molecule has 1 fully saturated rings. The van der Waals surface area contributed by atoms with Gasteiger partial charge in [0.1, 0.15) is 0 Å². The largest absolute Gasteiger partial charge is 0.376 e. The third-order valence-electron chi connectivity index (χ3n) is 6.51. The first kappa shape index (κ1) is 17.1. The van der Waals surface area contributed by atoms with E-state index in [1.54, 1.807) is 20.9 Å². The van der Waals surface area contributed by atoms with E-state index in [2.05, 4.69) is 32.1 Å². The van der Waals surface area contributed by atoms with Crippen molar-refractivity contribution in [2.45, 2.75) is 90.6 Å². The Balaban J connectivity index is 1.44. The molecule has 0 aliphatic heterocycles. The lowest BCUT2D eigenvalue weighted by Crippen LogP contribution is -2.21. The molecule has 3 aliphatic carbocycles. The van der Waals surface area contributed by atoms with Gasteiger partial charge in [0.05, 0.1) is 12.2 Å². The lowest BCUT2D eigenvalue weighted by Gasteiger charge is -2.19. The first-order valence-electron chi connectivity index (χ1n) is 10.3. The SMILES string of the molecule is CC(C)(C)OC[C@H]1[C@@H]2CCc3c(sc4c3CCCCCC4)CC[C@@H]21. The molecular formula is C22H34OS. The fourth-order valence-corrected chi connectivity index (χ4v) is 6.58. The topological polar surface area (TPSA) is 9.23 Å². The first-order chi connectivity index (χ1) is 11.5. The van der Waals surface area contributed by atoms with Gasteiger partial charge in [-0.2, -0.15) is 0 Å². The Morgan fingerprint density at radius 1 is 0.833 bits per heavy atom. The summed E-state index contributed by atoms with van der Waals surface area (Å²) in [6, 6.07) is 0. The summed E-state index contributed by atoms with van der Waals surface area (Å²) >= 11 is 2.19. The van der Waals surface area contributed by atoms with E-state index < -0.39 is 0 Å². The van der Waals surface area contributed by atoms with E-state index in [-0.39, 0.29) is 5.60 Å². The quantitative estimate of drug-likeness (QED) is 0.641. The van der Waals surface area contributed by atoms with Crippen LogP contribution in [-0.2, 0) is 30.4 Å². The highest BCUT2D eigenvalue weighted by Crippen LogP contribution is 2.54. The maximum absolute atomic E-state index is 6.11. The van der Waals surface area contributed by atoms with Crippen molar-refractivity contribution >= 4 is 11.3 Å². The van der Waals surface area contributed by atoms with Gasteiger partial charge < -0.3 is 4.74 Å². The number of ether oxygens (including phenoxy) is 1. The number of hydrogen-bond donors (Lipinski definition) is 0. The molecule has 0 unspecified atom stereocenters. The molecule has 1 aromatic heterocycles. The average molecular weight is 347 g/mol. The van der Waals surface area contributed by atoms with E-state index in [0.717, 1.165) is 24.4 Å². The maximum atomic E-state index is 6.11. The number of hydrogen-bond acceptors (Lipinski definition) is 2. The smallest absolute Gasteiger partial charge is 0.0598 e. The van der Waals surface area contributed by atoms with E-state index in [1.165, 1.54) is 64.2 Å². The van der Waals surface area contributed by atoms with Crippen molar-refractivity contribution in [3.63, 3.8) is 0 Å². The minimum Gasteiger partial charge on any atom is -0.376 e. The van der Waals surface area contributed by atoms with Gasteiger partial charge in [-0.3, -0.25) is 0 Å². The molecule has 1 nitrogen and oxygen atoms in total. The minimum atomic E-state index is 0.0201. The van der Waals surface area contributed by atoms with Gasteiger partial charge in [0.15, 0.2) is 0 Å². The van der Waals surface area contributed by atoms with Crippen LogP contribution in [0.2, 0.25) is 0 Å². The molecule has 0 radical (unpaired) electrons. The van der Waals surface area contributed by atoms with Crippen molar-refractivity contribution in [2.75, 3.05) is 6.61 Å². The summed E-state index contributed by atoms with van der Waals surface area (Å²) in [5.74, 6) is 2.75. The van der Waals surface area contributed by atoms with Gasteiger partial charge in [0, 0.05) is 9.75 Å². The second-order valence-electron chi connectivity index (χ2n) is 9.31. The van der Waals surface area contributed by atoms with Crippen molar-refractivity contribution in [3.8, 4) is 0 Å². The molecule has 24 heavy (non-hydrogen) atoms. The van der Waals surface area contributed by atoms with Crippen LogP contribution in [0.5, 0.6) is 0 Å². The summed E-state index contributed by atoms with van der Waals surface area (Å²) in [5, 5.41) is 0. The summed E-state index contributed by atoms with van der Waals surface area (Å²) in [4.78, 5) is 3.53. The van der Waals surface area contributed by atoms with Crippen LogP contribution in [0.1, 0.15) is 80.2 Å². The lowest BCUT2D eigenvalue weighted by molar-refractivity contribution is -0.0122. The Bertz CT molecular complexity index is 580. The Morgan fingerprint density at radius 3 is 2.21 bits per heavy atom. The lowest BCUT2D eigenvalue weighted by atomic mass is 9.91. The second-order valence-corrected chi connectivity index (χ2v) is 10.5. The molecule has 0 spiro atoms. The number of rotatable bonds is 2. The fraction of sp³-hybridized carbons (Fsp3) is 0.818. The van der Waals surface area contributed by atoms with Gasteiger partial charge in [0.25, 0.3) is 0 Å². The summed E-state index contributed by atoms with van der Waals surface area (Å²) in [6.45, 7) is 7.55. The molecule has 0 amide bonds. The average Bonchev–Trinajstić information content (AvgIpc) is 3.04. The van der Waals surface area contributed by atoms with Crippen LogP contribution in [0.4, 0.5) is 0 Å². The summed E-state index contributed by atoms with van der Waals surface area (Å²) < 4.78 is 6.11. The minimum absolute atomic E-state index is 0.0201. The zero-order chi connectivity index (χ0) is 16.7. The summed E-state index contributed by atoms with van der Waals surface area (Å²) in [7, 11) is 0. The molecule has 1 aromatic rings. The van der Waals surface area contributed by atoms with E-state index in [4.69, 9.17) is 4.74 Å². The fourth-order valence-electron chi connectivity index (χ4n) is 5.12. The Labute approximate surface area is 152 Å². The molecule has 3 aliphatic rings. The second kappa shape index (κ2) is 6.76. The molecule has 1 saturated carbocycles. The maximum Gasteiger partial charge on any atom is 0.0598 e. The standard InChI is InChI=1S/C22H34OS/c1-22(2,3)23-14-19-15-10-11-18-17-8-6-4-5-7-9-20(17)24-21(18)13-12-16(15)19/h15-16,19H,4-14H2,1-3H3/t15-,16+,19+/m1/s1. The molecule has 134 valence electrons. The summed E-state index contributed by atoms with van der Waals surface area (Å²) in [6.07, 6.45) is 14.0. The van der Waals surface area contributed by atoms with Gasteiger partial charge in [-0.1, -0.05) is 12.8 Å². The number of thiophene rings is 1. The van der Waals surface area contributed by atoms with Crippen LogP contribution in [0, 0.1) is 17.8 Å².